The third-order valence-electron chi connectivity index (χ3n) is 2.79. The minimum atomic E-state index is -0.292. The Kier molecular flexibility index (Phi) is 4.50. The zero-order valence-corrected chi connectivity index (χ0v) is 9.27. The summed E-state index contributed by atoms with van der Waals surface area (Å²) in [6, 6.07) is 0. The minimum Gasteiger partial charge on any atom is -0.354 e. The van der Waals surface area contributed by atoms with Crippen molar-refractivity contribution in [3.05, 3.63) is 0 Å². The number of methoxy groups -OCH3 is 2. The summed E-state index contributed by atoms with van der Waals surface area (Å²) >= 11 is 6.50. The first-order valence-electron chi connectivity index (χ1n) is 4.97. The maximum atomic E-state index is 6.50. The van der Waals surface area contributed by atoms with E-state index in [1.54, 1.807) is 14.2 Å². The van der Waals surface area contributed by atoms with Gasteiger partial charge in [-0.3, -0.25) is 0 Å². The Morgan fingerprint density at radius 1 is 1.00 bits per heavy atom. The Morgan fingerprint density at radius 3 is 1.85 bits per heavy atom. The van der Waals surface area contributed by atoms with Crippen molar-refractivity contribution in [3.8, 4) is 0 Å². The first-order chi connectivity index (χ1) is 6.23. The molecule has 0 aromatic rings. The van der Waals surface area contributed by atoms with Crippen LogP contribution in [0.1, 0.15) is 38.5 Å². The van der Waals surface area contributed by atoms with E-state index in [0.717, 1.165) is 12.8 Å². The number of hydrogen-bond donors (Lipinski definition) is 0. The Labute approximate surface area is 85.5 Å². The lowest BCUT2D eigenvalue weighted by molar-refractivity contribution is -0.129. The highest BCUT2D eigenvalue weighted by Gasteiger charge is 2.37. The Hall–Kier alpha value is 0.210. The van der Waals surface area contributed by atoms with Crippen LogP contribution in [0.3, 0.4) is 0 Å². The molecule has 1 aliphatic carbocycles. The highest BCUT2D eigenvalue weighted by Crippen LogP contribution is 2.37. The van der Waals surface area contributed by atoms with Crippen LogP contribution < -0.4 is 0 Å². The Morgan fingerprint density at radius 2 is 1.46 bits per heavy atom. The first kappa shape index (κ1) is 11.3. The molecule has 1 rings (SSSR count). The van der Waals surface area contributed by atoms with Crippen LogP contribution in [0.15, 0.2) is 0 Å². The van der Waals surface area contributed by atoms with Gasteiger partial charge in [0.2, 0.25) is 0 Å². The summed E-state index contributed by atoms with van der Waals surface area (Å²) in [4.78, 5) is -0.292. The summed E-state index contributed by atoms with van der Waals surface area (Å²) in [5, 5.41) is 0. The van der Waals surface area contributed by atoms with Crippen LogP contribution in [0.5, 0.6) is 0 Å². The second-order valence-corrected chi connectivity index (χ2v) is 4.50. The van der Waals surface area contributed by atoms with E-state index in [1.165, 1.54) is 25.7 Å². The van der Waals surface area contributed by atoms with Crippen LogP contribution in [0.4, 0.5) is 0 Å². The summed E-state index contributed by atoms with van der Waals surface area (Å²) < 4.78 is 10.5. The molecule has 78 valence electrons. The van der Waals surface area contributed by atoms with Crippen molar-refractivity contribution in [2.45, 2.75) is 49.7 Å². The molecule has 0 radical (unpaired) electrons. The number of halogens is 1. The van der Waals surface area contributed by atoms with Crippen LogP contribution >= 0.6 is 11.6 Å². The molecule has 0 spiro atoms. The molecule has 2 nitrogen and oxygen atoms in total. The molecule has 0 heterocycles. The van der Waals surface area contributed by atoms with Crippen LogP contribution in [0.2, 0.25) is 0 Å². The molecule has 0 saturated heterocycles. The minimum absolute atomic E-state index is 0.257. The molecule has 3 heteroatoms. The Bertz CT molecular complexity index is 138. The van der Waals surface area contributed by atoms with Crippen molar-refractivity contribution in [2.24, 2.45) is 0 Å². The van der Waals surface area contributed by atoms with Gasteiger partial charge in [-0.05, 0) is 12.8 Å². The second-order valence-electron chi connectivity index (χ2n) is 3.75. The summed E-state index contributed by atoms with van der Waals surface area (Å²) in [7, 11) is 3.31. The number of ether oxygens (including phenoxy) is 2. The van der Waals surface area contributed by atoms with Crippen molar-refractivity contribution in [2.75, 3.05) is 14.2 Å². The molecule has 0 unspecified atom stereocenters. The maximum absolute atomic E-state index is 6.50. The second kappa shape index (κ2) is 5.18. The van der Waals surface area contributed by atoms with Crippen LogP contribution in [-0.2, 0) is 9.47 Å². The third-order valence-corrected chi connectivity index (χ3v) is 3.34. The van der Waals surface area contributed by atoms with Gasteiger partial charge in [-0.2, -0.15) is 0 Å². The predicted octanol–water partition coefficient (Wildman–Crippen LogP) is 2.94. The molecule has 0 aromatic heterocycles. The van der Waals surface area contributed by atoms with Crippen LogP contribution in [-0.4, -0.2) is 25.4 Å². The van der Waals surface area contributed by atoms with E-state index in [-0.39, 0.29) is 11.2 Å². The zero-order chi connectivity index (χ0) is 9.73. The number of hydrogen-bond acceptors (Lipinski definition) is 2. The van der Waals surface area contributed by atoms with E-state index >= 15 is 0 Å². The van der Waals surface area contributed by atoms with Gasteiger partial charge in [0.05, 0.1) is 4.87 Å². The van der Waals surface area contributed by atoms with Crippen molar-refractivity contribution in [1.82, 2.24) is 0 Å². The molecule has 1 aliphatic rings. The molecule has 0 aliphatic heterocycles. The molecular weight excluding hydrogens is 188 g/mol. The topological polar surface area (TPSA) is 18.5 Å². The number of rotatable bonds is 3. The monoisotopic (exact) mass is 206 g/mol. The lowest BCUT2D eigenvalue weighted by Gasteiger charge is -2.32. The van der Waals surface area contributed by atoms with Gasteiger partial charge in [-0.1, -0.05) is 25.7 Å². The molecule has 0 amide bonds. The molecule has 0 N–H and O–H groups in total. The van der Waals surface area contributed by atoms with Gasteiger partial charge in [0, 0.05) is 14.2 Å². The maximum Gasteiger partial charge on any atom is 0.175 e. The van der Waals surface area contributed by atoms with Crippen molar-refractivity contribution < 1.29 is 9.47 Å². The van der Waals surface area contributed by atoms with Crippen molar-refractivity contribution in [1.29, 1.82) is 0 Å². The van der Waals surface area contributed by atoms with Crippen LogP contribution in [0.25, 0.3) is 0 Å². The third kappa shape index (κ3) is 2.83. The van der Waals surface area contributed by atoms with E-state index in [0.29, 0.717) is 0 Å². The smallest absolute Gasteiger partial charge is 0.175 e. The molecule has 1 fully saturated rings. The fourth-order valence-electron chi connectivity index (χ4n) is 2.07. The van der Waals surface area contributed by atoms with E-state index in [1.807, 2.05) is 0 Å². The average molecular weight is 207 g/mol. The predicted molar refractivity (Wildman–Crippen MR) is 54.1 cm³/mol. The van der Waals surface area contributed by atoms with Crippen molar-refractivity contribution in [3.63, 3.8) is 0 Å². The van der Waals surface area contributed by atoms with E-state index in [2.05, 4.69) is 0 Å². The highest BCUT2D eigenvalue weighted by atomic mass is 35.5. The molecule has 0 aromatic carbocycles. The molecule has 0 bridgehead atoms. The van der Waals surface area contributed by atoms with Gasteiger partial charge in [-0.15, -0.1) is 11.6 Å². The molecule has 1 saturated carbocycles. The highest BCUT2D eigenvalue weighted by molar-refractivity contribution is 6.24. The SMILES string of the molecule is COC(OC)C1(Cl)CCCCCC1. The zero-order valence-electron chi connectivity index (χ0n) is 8.51. The largest absolute Gasteiger partial charge is 0.354 e. The molecule has 0 atom stereocenters. The van der Waals surface area contributed by atoms with Crippen LogP contribution in [0, 0.1) is 0 Å². The standard InChI is InChI=1S/C10H19ClO2/c1-12-9(13-2)10(11)7-5-3-4-6-8-10/h9H,3-8H2,1-2H3. The fraction of sp³-hybridized carbons (Fsp3) is 1.00. The normalized spacial score (nSPS) is 23.1. The quantitative estimate of drug-likeness (QED) is 0.402. The Balaban J connectivity index is 2.58. The summed E-state index contributed by atoms with van der Waals surface area (Å²) in [6.45, 7) is 0. The van der Waals surface area contributed by atoms with Gasteiger partial charge in [0.15, 0.2) is 6.29 Å². The van der Waals surface area contributed by atoms with Crippen molar-refractivity contribution >= 4 is 11.6 Å². The molecule has 13 heavy (non-hydrogen) atoms. The van der Waals surface area contributed by atoms with Gasteiger partial charge in [0.25, 0.3) is 0 Å². The lowest BCUT2D eigenvalue weighted by atomic mass is 9.98. The first-order valence-corrected chi connectivity index (χ1v) is 5.35. The van der Waals surface area contributed by atoms with Gasteiger partial charge in [0.1, 0.15) is 0 Å². The van der Waals surface area contributed by atoms with Gasteiger partial charge >= 0.3 is 0 Å². The summed E-state index contributed by atoms with van der Waals surface area (Å²) in [5.41, 5.74) is 0. The molecular formula is C10H19ClO2. The fourth-order valence-corrected chi connectivity index (χ4v) is 2.52. The van der Waals surface area contributed by atoms with E-state index in [4.69, 9.17) is 21.1 Å². The van der Waals surface area contributed by atoms with Gasteiger partial charge < -0.3 is 9.47 Å². The number of alkyl halides is 1. The van der Waals surface area contributed by atoms with Gasteiger partial charge in [-0.25, -0.2) is 0 Å². The summed E-state index contributed by atoms with van der Waals surface area (Å²) in [5.74, 6) is 0. The van der Waals surface area contributed by atoms with E-state index < -0.39 is 0 Å². The van der Waals surface area contributed by atoms with E-state index in [9.17, 15) is 0 Å². The lowest BCUT2D eigenvalue weighted by Crippen LogP contribution is -2.39. The summed E-state index contributed by atoms with van der Waals surface area (Å²) in [6.07, 6.45) is 6.69. The average Bonchev–Trinajstić information content (AvgIpc) is 2.33.